The summed E-state index contributed by atoms with van der Waals surface area (Å²) in [6.07, 6.45) is 3.37. The van der Waals surface area contributed by atoms with E-state index >= 15 is 0 Å². The Hall–Kier alpha value is -2.12. The molecule has 1 aromatic carbocycles. The number of nitrogens with one attached hydrogen (secondary N) is 1. The molecule has 25 heavy (non-hydrogen) atoms. The van der Waals surface area contributed by atoms with Gasteiger partial charge in [0, 0.05) is 22.7 Å². The van der Waals surface area contributed by atoms with Crippen LogP contribution in [0.15, 0.2) is 47.4 Å². The second-order valence-electron chi connectivity index (χ2n) is 5.94. The molecule has 1 aliphatic rings. The number of thiophene rings is 1. The fraction of sp³-hybridized carbons (Fsp3) is 0.278. The molecule has 1 fully saturated rings. The number of carbonyl (C=O) groups excluding carboxylic acids is 1. The molecule has 1 amide bonds. The summed E-state index contributed by atoms with van der Waals surface area (Å²) in [4.78, 5) is 13.4. The van der Waals surface area contributed by atoms with Crippen LogP contribution in [0.2, 0.25) is 0 Å². The molecule has 0 aliphatic carbocycles. The standard InChI is InChI=1S/C18H20N2O3S2/c1-14(12-17-8-5-10-24-17)18(21)19-15-6-4-7-16(13-15)20-9-2-3-11-25(20,22)23/h4-8,10,12-13H,2-3,9,11H2,1H3,(H,19,21)/b14-12+. The summed E-state index contributed by atoms with van der Waals surface area (Å²) in [6, 6.07) is 10.9. The lowest BCUT2D eigenvalue weighted by Crippen LogP contribution is -2.37. The van der Waals surface area contributed by atoms with Crippen LogP contribution in [0.3, 0.4) is 0 Å². The summed E-state index contributed by atoms with van der Waals surface area (Å²) in [7, 11) is -3.26. The van der Waals surface area contributed by atoms with Crippen LogP contribution in [-0.2, 0) is 14.8 Å². The lowest BCUT2D eigenvalue weighted by molar-refractivity contribution is -0.112. The minimum absolute atomic E-state index is 0.173. The highest BCUT2D eigenvalue weighted by atomic mass is 32.2. The fourth-order valence-corrected chi connectivity index (χ4v) is 5.05. The minimum Gasteiger partial charge on any atom is -0.322 e. The van der Waals surface area contributed by atoms with Gasteiger partial charge in [0.2, 0.25) is 10.0 Å². The van der Waals surface area contributed by atoms with Crippen LogP contribution in [-0.4, -0.2) is 26.6 Å². The van der Waals surface area contributed by atoms with Crippen molar-refractivity contribution >= 4 is 44.7 Å². The molecule has 2 aromatic rings. The fourth-order valence-electron chi connectivity index (χ4n) is 2.70. The Labute approximate surface area is 152 Å². The van der Waals surface area contributed by atoms with Gasteiger partial charge in [-0.25, -0.2) is 8.42 Å². The molecule has 7 heteroatoms. The summed E-state index contributed by atoms with van der Waals surface area (Å²) in [5, 5.41) is 4.79. The first kappa shape index (κ1) is 17.7. The van der Waals surface area contributed by atoms with Gasteiger partial charge < -0.3 is 5.32 Å². The number of carbonyl (C=O) groups is 1. The van der Waals surface area contributed by atoms with Crippen molar-refractivity contribution in [2.24, 2.45) is 0 Å². The van der Waals surface area contributed by atoms with Crippen LogP contribution in [0.5, 0.6) is 0 Å². The molecule has 1 saturated heterocycles. The van der Waals surface area contributed by atoms with Gasteiger partial charge >= 0.3 is 0 Å². The van der Waals surface area contributed by atoms with E-state index in [1.165, 1.54) is 4.31 Å². The highest BCUT2D eigenvalue weighted by Gasteiger charge is 2.26. The van der Waals surface area contributed by atoms with Crippen molar-refractivity contribution in [3.63, 3.8) is 0 Å². The Kier molecular flexibility index (Phi) is 5.24. The topological polar surface area (TPSA) is 66.5 Å². The molecule has 5 nitrogen and oxygen atoms in total. The van der Waals surface area contributed by atoms with Gasteiger partial charge in [-0.05, 0) is 55.5 Å². The number of hydrogen-bond acceptors (Lipinski definition) is 4. The first-order chi connectivity index (χ1) is 12.0. The van der Waals surface area contributed by atoms with Crippen molar-refractivity contribution in [1.29, 1.82) is 0 Å². The Morgan fingerprint density at radius 2 is 2.08 bits per heavy atom. The third-order valence-corrected chi connectivity index (χ3v) is 6.69. The molecular weight excluding hydrogens is 356 g/mol. The van der Waals surface area contributed by atoms with Crippen LogP contribution in [0.1, 0.15) is 24.6 Å². The largest absolute Gasteiger partial charge is 0.322 e. The molecule has 2 heterocycles. The van der Waals surface area contributed by atoms with Crippen LogP contribution < -0.4 is 9.62 Å². The SMILES string of the molecule is C/C(=C\c1cccs1)C(=O)Nc1cccc(N2CCCCS2(=O)=O)c1. The van der Waals surface area contributed by atoms with E-state index in [4.69, 9.17) is 0 Å². The van der Waals surface area contributed by atoms with Crippen molar-refractivity contribution in [3.05, 3.63) is 52.2 Å². The molecule has 1 aromatic heterocycles. The Morgan fingerprint density at radius 1 is 1.24 bits per heavy atom. The second-order valence-corrected chi connectivity index (χ2v) is 8.93. The molecule has 0 bridgehead atoms. The first-order valence-electron chi connectivity index (χ1n) is 8.09. The summed E-state index contributed by atoms with van der Waals surface area (Å²) < 4.78 is 25.9. The number of nitrogens with zero attached hydrogens (tertiary/aromatic N) is 1. The molecule has 0 atom stereocenters. The van der Waals surface area contributed by atoms with Gasteiger partial charge in [0.1, 0.15) is 0 Å². The average molecular weight is 377 g/mol. The first-order valence-corrected chi connectivity index (χ1v) is 10.6. The third-order valence-electron chi connectivity index (χ3n) is 4.00. The van der Waals surface area contributed by atoms with Gasteiger partial charge in [-0.15, -0.1) is 11.3 Å². The van der Waals surface area contributed by atoms with Gasteiger partial charge in [-0.3, -0.25) is 9.10 Å². The predicted molar refractivity (Wildman–Crippen MR) is 103 cm³/mol. The number of hydrogen-bond donors (Lipinski definition) is 1. The van der Waals surface area contributed by atoms with Crippen molar-refractivity contribution in [2.45, 2.75) is 19.8 Å². The van der Waals surface area contributed by atoms with E-state index < -0.39 is 10.0 Å². The molecule has 132 valence electrons. The van der Waals surface area contributed by atoms with Gasteiger partial charge in [-0.1, -0.05) is 12.1 Å². The van der Waals surface area contributed by atoms with Crippen LogP contribution >= 0.6 is 11.3 Å². The number of amides is 1. The highest BCUT2D eigenvalue weighted by molar-refractivity contribution is 7.92. The van der Waals surface area contributed by atoms with Crippen molar-refractivity contribution in [3.8, 4) is 0 Å². The molecule has 0 unspecified atom stereocenters. The van der Waals surface area contributed by atoms with E-state index in [2.05, 4.69) is 5.32 Å². The number of benzene rings is 1. The monoisotopic (exact) mass is 376 g/mol. The molecule has 0 radical (unpaired) electrons. The quantitative estimate of drug-likeness (QED) is 0.827. The maximum absolute atomic E-state index is 12.3. The highest BCUT2D eigenvalue weighted by Crippen LogP contribution is 2.26. The average Bonchev–Trinajstić information content (AvgIpc) is 3.07. The zero-order chi connectivity index (χ0) is 17.9. The van der Waals surface area contributed by atoms with Crippen molar-refractivity contribution < 1.29 is 13.2 Å². The molecule has 0 saturated carbocycles. The zero-order valence-corrected chi connectivity index (χ0v) is 15.6. The van der Waals surface area contributed by atoms with Crippen LogP contribution in [0.25, 0.3) is 6.08 Å². The normalized spacial score (nSPS) is 17.3. The van der Waals surface area contributed by atoms with E-state index in [0.717, 1.165) is 11.3 Å². The maximum Gasteiger partial charge on any atom is 0.251 e. The number of sulfonamides is 1. The van der Waals surface area contributed by atoms with E-state index in [9.17, 15) is 13.2 Å². The second kappa shape index (κ2) is 7.41. The summed E-state index contributed by atoms with van der Waals surface area (Å²) in [6.45, 7) is 2.24. The lowest BCUT2D eigenvalue weighted by atomic mass is 10.2. The van der Waals surface area contributed by atoms with E-state index in [-0.39, 0.29) is 11.7 Å². The van der Waals surface area contributed by atoms with Crippen LogP contribution in [0.4, 0.5) is 11.4 Å². The maximum atomic E-state index is 12.3. The van der Waals surface area contributed by atoms with Crippen molar-refractivity contribution in [2.75, 3.05) is 21.9 Å². The molecular formula is C18H20N2O3S2. The zero-order valence-electron chi connectivity index (χ0n) is 13.9. The Balaban J connectivity index is 1.77. The van der Waals surface area contributed by atoms with Crippen molar-refractivity contribution in [1.82, 2.24) is 0 Å². The molecule has 3 rings (SSSR count). The van der Waals surface area contributed by atoms with Gasteiger partial charge in [0.15, 0.2) is 0 Å². The van der Waals surface area contributed by atoms with Crippen LogP contribution in [0, 0.1) is 0 Å². The van der Waals surface area contributed by atoms with Gasteiger partial charge in [0.25, 0.3) is 5.91 Å². The molecule has 1 aliphatic heterocycles. The number of anilines is 2. The molecule has 1 N–H and O–H groups in total. The summed E-state index contributed by atoms with van der Waals surface area (Å²) in [5.41, 5.74) is 1.78. The van der Waals surface area contributed by atoms with E-state index in [1.807, 2.05) is 23.6 Å². The van der Waals surface area contributed by atoms with Gasteiger partial charge in [0.05, 0.1) is 11.4 Å². The Morgan fingerprint density at radius 3 is 2.80 bits per heavy atom. The molecule has 0 spiro atoms. The predicted octanol–water partition coefficient (Wildman–Crippen LogP) is 3.72. The summed E-state index contributed by atoms with van der Waals surface area (Å²) >= 11 is 1.57. The smallest absolute Gasteiger partial charge is 0.251 e. The lowest BCUT2D eigenvalue weighted by Gasteiger charge is -2.28. The minimum atomic E-state index is -3.26. The number of rotatable bonds is 4. The van der Waals surface area contributed by atoms with E-state index in [0.29, 0.717) is 29.9 Å². The van der Waals surface area contributed by atoms with E-state index in [1.54, 1.807) is 42.5 Å². The Bertz CT molecular complexity index is 887. The summed E-state index contributed by atoms with van der Waals surface area (Å²) in [5.74, 6) is -0.0289. The third kappa shape index (κ3) is 4.29. The van der Waals surface area contributed by atoms with Gasteiger partial charge in [-0.2, -0.15) is 0 Å².